The lowest BCUT2D eigenvalue weighted by Gasteiger charge is -2.20. The van der Waals surface area contributed by atoms with E-state index in [0.29, 0.717) is 35.1 Å². The fourth-order valence-corrected chi connectivity index (χ4v) is 4.43. The molecule has 0 bridgehead atoms. The van der Waals surface area contributed by atoms with E-state index in [9.17, 15) is 23.2 Å². The summed E-state index contributed by atoms with van der Waals surface area (Å²) in [5, 5.41) is 17.1. The van der Waals surface area contributed by atoms with Crippen molar-refractivity contribution in [1.82, 2.24) is 19.7 Å². The van der Waals surface area contributed by atoms with E-state index >= 15 is 0 Å². The minimum Gasteiger partial charge on any atom is -0.310 e. The topological polar surface area (TPSA) is 99.7 Å². The second-order valence-corrected chi connectivity index (χ2v) is 8.50. The van der Waals surface area contributed by atoms with Crippen molar-refractivity contribution in [2.45, 2.75) is 19.0 Å². The highest BCUT2D eigenvalue weighted by Crippen LogP contribution is 2.37. The van der Waals surface area contributed by atoms with Gasteiger partial charge in [-0.15, -0.1) is 0 Å². The van der Waals surface area contributed by atoms with E-state index in [4.69, 9.17) is 0 Å². The molecule has 11 heteroatoms. The maximum Gasteiger partial charge on any atom is 0.416 e. The van der Waals surface area contributed by atoms with Crippen molar-refractivity contribution >= 4 is 23.4 Å². The smallest absolute Gasteiger partial charge is 0.310 e. The quantitative estimate of drug-likeness (QED) is 0.426. The number of hydrogen-bond donors (Lipinski definition) is 1. The third-order valence-corrected chi connectivity index (χ3v) is 6.16. The van der Waals surface area contributed by atoms with E-state index in [1.165, 1.54) is 23.1 Å². The van der Waals surface area contributed by atoms with Crippen LogP contribution in [0.3, 0.4) is 0 Å². The predicted octanol–water partition coefficient (Wildman–Crippen LogP) is 4.64. The highest BCUT2D eigenvalue weighted by molar-refractivity contribution is 5.99. The van der Waals surface area contributed by atoms with Crippen molar-refractivity contribution in [2.24, 2.45) is 7.05 Å². The average molecular weight is 503 g/mol. The molecule has 0 fully saturated rings. The van der Waals surface area contributed by atoms with Crippen LogP contribution in [0.1, 0.15) is 22.3 Å². The van der Waals surface area contributed by atoms with Crippen LogP contribution in [-0.2, 0) is 30.9 Å². The molecule has 0 radical (unpaired) electrons. The molecule has 186 valence electrons. The fraction of sp³-hybridized carbons (Fsp3) is 0.192. The van der Waals surface area contributed by atoms with E-state index in [1.54, 1.807) is 42.3 Å². The number of aryl methyl sites for hydroxylation is 1. The molecule has 1 amide bonds. The Morgan fingerprint density at radius 3 is 2.70 bits per heavy atom. The summed E-state index contributed by atoms with van der Waals surface area (Å²) in [5.74, 6) is 0.551. The van der Waals surface area contributed by atoms with Gasteiger partial charge in [0.05, 0.1) is 35.1 Å². The van der Waals surface area contributed by atoms with Gasteiger partial charge in [-0.25, -0.2) is 9.97 Å². The lowest BCUT2D eigenvalue weighted by Crippen LogP contribution is -2.31. The number of anilines is 3. The minimum absolute atomic E-state index is 0.0991. The number of nitrogens with one attached hydrogen (secondary N) is 1. The van der Waals surface area contributed by atoms with Crippen LogP contribution in [0.25, 0.3) is 11.3 Å². The van der Waals surface area contributed by atoms with E-state index in [2.05, 4.69) is 26.5 Å². The van der Waals surface area contributed by atoms with Crippen LogP contribution >= 0.6 is 0 Å². The number of amides is 1. The number of carbonyl (C=O) groups excluding carboxylic acids is 1. The molecule has 0 saturated carbocycles. The first-order valence-corrected chi connectivity index (χ1v) is 11.4. The molecule has 4 aromatic rings. The lowest BCUT2D eigenvalue weighted by molar-refractivity contribution is -0.138. The highest BCUT2D eigenvalue weighted by Gasteiger charge is 2.35. The van der Waals surface area contributed by atoms with Gasteiger partial charge in [-0.3, -0.25) is 9.48 Å². The number of benzene rings is 2. The van der Waals surface area contributed by atoms with Crippen molar-refractivity contribution in [2.75, 3.05) is 16.8 Å². The van der Waals surface area contributed by atoms with Crippen molar-refractivity contribution in [3.8, 4) is 17.3 Å². The Bertz CT molecular complexity index is 1540. The zero-order valence-electron chi connectivity index (χ0n) is 19.6. The molecule has 0 unspecified atom stereocenters. The third kappa shape index (κ3) is 4.73. The van der Waals surface area contributed by atoms with Gasteiger partial charge in [-0.05, 0) is 41.8 Å². The van der Waals surface area contributed by atoms with Crippen molar-refractivity contribution in [3.05, 3.63) is 83.2 Å². The van der Waals surface area contributed by atoms with Crippen molar-refractivity contribution in [3.63, 3.8) is 0 Å². The standard InChI is InChI=1S/C26H20F3N7O/c1-35-22(7-10-32-35)34-25-31-9-6-21(33-25)18-12-17-8-11-36(24(17)19(13-18)15-30)23(37)14-16-4-2-3-5-20(16)26(27,28)29/h2-7,9-10,12-13H,8,11,14H2,1H3,(H,31,33,34). The van der Waals surface area contributed by atoms with Crippen LogP contribution in [0, 0.1) is 11.3 Å². The molecule has 2 aromatic carbocycles. The Morgan fingerprint density at radius 2 is 1.97 bits per heavy atom. The summed E-state index contributed by atoms with van der Waals surface area (Å²) in [6.07, 6.45) is -1.28. The Kier molecular flexibility index (Phi) is 6.09. The molecule has 3 heterocycles. The number of alkyl halides is 3. The third-order valence-electron chi connectivity index (χ3n) is 6.16. The van der Waals surface area contributed by atoms with Crippen LogP contribution in [0.4, 0.5) is 30.6 Å². The first-order valence-electron chi connectivity index (χ1n) is 11.4. The molecule has 1 aliphatic rings. The molecule has 0 atom stereocenters. The van der Waals surface area contributed by atoms with Crippen LogP contribution in [0.15, 0.2) is 60.9 Å². The summed E-state index contributed by atoms with van der Waals surface area (Å²) in [5.41, 5.74) is 1.75. The number of halogens is 3. The number of nitriles is 1. The van der Waals surface area contributed by atoms with Gasteiger partial charge in [0.15, 0.2) is 0 Å². The second-order valence-electron chi connectivity index (χ2n) is 8.50. The molecule has 1 N–H and O–H groups in total. The normalized spacial score (nSPS) is 12.8. The summed E-state index contributed by atoms with van der Waals surface area (Å²) < 4.78 is 41.9. The lowest BCUT2D eigenvalue weighted by atomic mass is 10.0. The molecule has 37 heavy (non-hydrogen) atoms. The summed E-state index contributed by atoms with van der Waals surface area (Å²) in [4.78, 5) is 23.3. The summed E-state index contributed by atoms with van der Waals surface area (Å²) in [7, 11) is 1.78. The number of carbonyl (C=O) groups is 1. The zero-order valence-corrected chi connectivity index (χ0v) is 19.6. The van der Waals surface area contributed by atoms with Gasteiger partial charge in [0, 0.05) is 31.4 Å². The Hall–Kier alpha value is -4.72. The minimum atomic E-state index is -4.56. The summed E-state index contributed by atoms with van der Waals surface area (Å²) >= 11 is 0. The molecule has 0 aliphatic carbocycles. The maximum atomic E-state index is 13.4. The number of fused-ring (bicyclic) bond motifs is 1. The molecule has 0 spiro atoms. The van der Waals surface area contributed by atoms with Gasteiger partial charge >= 0.3 is 6.18 Å². The molecule has 2 aromatic heterocycles. The molecular weight excluding hydrogens is 483 g/mol. The Morgan fingerprint density at radius 1 is 1.16 bits per heavy atom. The van der Waals surface area contributed by atoms with E-state index in [-0.39, 0.29) is 17.7 Å². The molecule has 0 saturated heterocycles. The number of aromatic nitrogens is 4. The second kappa shape index (κ2) is 9.39. The highest BCUT2D eigenvalue weighted by atomic mass is 19.4. The van der Waals surface area contributed by atoms with Crippen LogP contribution in [-0.4, -0.2) is 32.2 Å². The van der Waals surface area contributed by atoms with Crippen molar-refractivity contribution in [1.29, 1.82) is 5.26 Å². The zero-order chi connectivity index (χ0) is 26.2. The van der Waals surface area contributed by atoms with Gasteiger partial charge in [-0.1, -0.05) is 18.2 Å². The first-order chi connectivity index (χ1) is 17.7. The van der Waals surface area contributed by atoms with Crippen LogP contribution in [0.2, 0.25) is 0 Å². The van der Waals surface area contributed by atoms with Gasteiger partial charge in [0.2, 0.25) is 11.9 Å². The molecule has 5 rings (SSSR count). The molecule has 1 aliphatic heterocycles. The monoisotopic (exact) mass is 503 g/mol. The number of hydrogen-bond acceptors (Lipinski definition) is 6. The Balaban J connectivity index is 1.44. The van der Waals surface area contributed by atoms with Crippen molar-refractivity contribution < 1.29 is 18.0 Å². The molecule has 8 nitrogen and oxygen atoms in total. The van der Waals surface area contributed by atoms with Gasteiger partial charge in [0.25, 0.3) is 0 Å². The van der Waals surface area contributed by atoms with E-state index in [1.807, 2.05) is 6.07 Å². The van der Waals surface area contributed by atoms with E-state index < -0.39 is 24.1 Å². The van der Waals surface area contributed by atoms with Gasteiger partial charge in [0.1, 0.15) is 11.9 Å². The fourth-order valence-electron chi connectivity index (χ4n) is 4.43. The SMILES string of the molecule is Cn1nccc1Nc1nccc(-c2cc(C#N)c3c(c2)CCN3C(=O)Cc2ccccc2C(F)(F)F)n1. The Labute approximate surface area is 210 Å². The van der Waals surface area contributed by atoms with Gasteiger partial charge < -0.3 is 10.2 Å². The summed E-state index contributed by atoms with van der Waals surface area (Å²) in [6, 6.07) is 14.1. The summed E-state index contributed by atoms with van der Waals surface area (Å²) in [6.45, 7) is 0.275. The van der Waals surface area contributed by atoms with Crippen LogP contribution < -0.4 is 10.2 Å². The van der Waals surface area contributed by atoms with Gasteiger partial charge in [-0.2, -0.15) is 23.5 Å². The maximum absolute atomic E-state index is 13.4. The largest absolute Gasteiger partial charge is 0.416 e. The predicted molar refractivity (Wildman–Crippen MR) is 130 cm³/mol. The number of rotatable bonds is 5. The van der Waals surface area contributed by atoms with Crippen LogP contribution in [0.5, 0.6) is 0 Å². The molecular formula is C26H20F3N7O. The van der Waals surface area contributed by atoms with E-state index in [0.717, 1.165) is 11.6 Å². The number of nitrogens with zero attached hydrogens (tertiary/aromatic N) is 6. The first kappa shape index (κ1) is 24.0. The average Bonchev–Trinajstić information content (AvgIpc) is 3.49.